The highest BCUT2D eigenvalue weighted by Crippen LogP contribution is 2.30. The molecule has 0 atom stereocenters. The summed E-state index contributed by atoms with van der Waals surface area (Å²) in [5.41, 5.74) is 2.82. The smallest absolute Gasteiger partial charge is 0.277 e. The molecule has 3 aromatic rings. The Hall–Kier alpha value is -2.67. The Morgan fingerprint density at radius 3 is 2.19 bits per heavy atom. The van der Waals surface area contributed by atoms with Crippen LogP contribution in [0.2, 0.25) is 10.0 Å². The van der Waals surface area contributed by atoms with E-state index in [-0.39, 0.29) is 5.69 Å². The minimum atomic E-state index is -0.391. The van der Waals surface area contributed by atoms with E-state index in [1.807, 2.05) is 0 Å². The quantitative estimate of drug-likeness (QED) is 0.293. The van der Waals surface area contributed by atoms with Gasteiger partial charge in [0.25, 0.3) is 5.69 Å². The first-order valence-electron chi connectivity index (χ1n) is 7.81. The van der Waals surface area contributed by atoms with Crippen LogP contribution in [0.5, 0.6) is 0 Å². The molecule has 0 fully saturated rings. The molecule has 0 aliphatic carbocycles. The minimum absolute atomic E-state index is 0.0648. The molecule has 0 amide bonds. The molecule has 136 valence electrons. The van der Waals surface area contributed by atoms with Crippen molar-refractivity contribution in [1.82, 2.24) is 0 Å². The van der Waals surface area contributed by atoms with E-state index >= 15 is 0 Å². The number of nitrogens with zero attached hydrogens (tertiary/aromatic N) is 1. The molecule has 8 heteroatoms. The number of nitro groups is 1. The summed E-state index contributed by atoms with van der Waals surface area (Å²) in [6, 6.07) is 18.9. The maximum Gasteiger partial charge on any atom is 0.277 e. The zero-order valence-corrected chi connectivity index (χ0v) is 16.1. The molecule has 0 unspecified atom stereocenters. The molecule has 0 aliphatic heterocycles. The van der Waals surface area contributed by atoms with Crippen LogP contribution in [0.4, 0.5) is 17.1 Å². The molecule has 0 saturated heterocycles. The molecule has 0 aromatic heterocycles. The van der Waals surface area contributed by atoms with Crippen LogP contribution < -0.4 is 10.6 Å². The van der Waals surface area contributed by atoms with Crippen LogP contribution in [0, 0.1) is 10.1 Å². The van der Waals surface area contributed by atoms with Crippen LogP contribution in [-0.2, 0) is 0 Å². The van der Waals surface area contributed by atoms with Crippen LogP contribution in [-0.4, -0.2) is 10.0 Å². The molecule has 0 bridgehead atoms. The molecule has 0 heterocycles. The number of rotatable bonds is 4. The second kappa shape index (κ2) is 8.35. The number of nitrogens with one attached hydrogen (secondary N) is 2. The molecule has 3 aromatic carbocycles. The van der Waals surface area contributed by atoms with Gasteiger partial charge < -0.3 is 10.6 Å². The third-order valence-electron chi connectivity index (χ3n) is 3.73. The standard InChI is InChI=1S/C19H13Cl2N3O2S/c20-16-10-9-14(11-17(16)21)23-19(27)22-13-7-5-12(6-8-13)15-3-1-2-4-18(15)24(25)26/h1-11H,(H2,22,23,27). The summed E-state index contributed by atoms with van der Waals surface area (Å²) in [6.45, 7) is 0. The molecular weight excluding hydrogens is 405 g/mol. The van der Waals surface area contributed by atoms with E-state index in [1.54, 1.807) is 60.7 Å². The number of halogens is 2. The minimum Gasteiger partial charge on any atom is -0.332 e. The van der Waals surface area contributed by atoms with E-state index in [4.69, 9.17) is 35.4 Å². The summed E-state index contributed by atoms with van der Waals surface area (Å²) in [5, 5.41) is 18.5. The summed E-state index contributed by atoms with van der Waals surface area (Å²) < 4.78 is 0. The first-order valence-corrected chi connectivity index (χ1v) is 8.97. The van der Waals surface area contributed by atoms with E-state index in [9.17, 15) is 10.1 Å². The van der Waals surface area contributed by atoms with Gasteiger partial charge in [0.05, 0.1) is 20.5 Å². The van der Waals surface area contributed by atoms with Gasteiger partial charge in [-0.15, -0.1) is 0 Å². The van der Waals surface area contributed by atoms with Gasteiger partial charge in [0.2, 0.25) is 0 Å². The number of para-hydroxylation sites is 1. The van der Waals surface area contributed by atoms with Crippen LogP contribution in [0.15, 0.2) is 66.7 Å². The molecule has 5 nitrogen and oxygen atoms in total. The van der Waals surface area contributed by atoms with Gasteiger partial charge in [-0.05, 0) is 54.2 Å². The van der Waals surface area contributed by atoms with E-state index < -0.39 is 4.92 Å². The Bertz CT molecular complexity index is 1010. The van der Waals surface area contributed by atoms with Crippen molar-refractivity contribution < 1.29 is 4.92 Å². The van der Waals surface area contributed by atoms with Crippen LogP contribution in [0.3, 0.4) is 0 Å². The van der Waals surface area contributed by atoms with Crippen molar-refractivity contribution in [2.75, 3.05) is 10.6 Å². The Morgan fingerprint density at radius 2 is 1.52 bits per heavy atom. The third-order valence-corrected chi connectivity index (χ3v) is 4.68. The first kappa shape index (κ1) is 19.1. The fraction of sp³-hybridized carbons (Fsp3) is 0. The van der Waals surface area contributed by atoms with Crippen molar-refractivity contribution in [2.24, 2.45) is 0 Å². The van der Waals surface area contributed by atoms with E-state index in [0.29, 0.717) is 26.4 Å². The number of nitro benzene ring substituents is 1. The average molecular weight is 418 g/mol. The molecule has 3 rings (SSSR count). The lowest BCUT2D eigenvalue weighted by Gasteiger charge is -2.12. The summed E-state index contributed by atoms with van der Waals surface area (Å²) >= 11 is 17.2. The molecule has 27 heavy (non-hydrogen) atoms. The van der Waals surface area contributed by atoms with Crippen molar-refractivity contribution in [2.45, 2.75) is 0 Å². The number of hydrogen-bond donors (Lipinski definition) is 2. The predicted molar refractivity (Wildman–Crippen MR) is 115 cm³/mol. The zero-order valence-electron chi connectivity index (χ0n) is 13.8. The van der Waals surface area contributed by atoms with Crippen LogP contribution in [0.25, 0.3) is 11.1 Å². The van der Waals surface area contributed by atoms with Gasteiger partial charge in [0.1, 0.15) is 0 Å². The summed E-state index contributed by atoms with van der Waals surface area (Å²) in [6.07, 6.45) is 0. The highest BCUT2D eigenvalue weighted by Gasteiger charge is 2.13. The molecule has 2 N–H and O–H groups in total. The normalized spacial score (nSPS) is 10.3. The van der Waals surface area contributed by atoms with Gasteiger partial charge in [0, 0.05) is 17.4 Å². The fourth-order valence-electron chi connectivity index (χ4n) is 2.48. The highest BCUT2D eigenvalue weighted by atomic mass is 35.5. The van der Waals surface area contributed by atoms with Gasteiger partial charge in [0.15, 0.2) is 5.11 Å². The second-order valence-corrected chi connectivity index (χ2v) is 6.78. The Morgan fingerprint density at radius 1 is 0.889 bits per heavy atom. The number of thiocarbonyl (C=S) groups is 1. The summed E-state index contributed by atoms with van der Waals surface area (Å²) in [5.74, 6) is 0. The number of anilines is 2. The summed E-state index contributed by atoms with van der Waals surface area (Å²) in [4.78, 5) is 10.8. The average Bonchev–Trinajstić information content (AvgIpc) is 2.65. The number of hydrogen-bond acceptors (Lipinski definition) is 3. The SMILES string of the molecule is O=[N+]([O-])c1ccccc1-c1ccc(NC(=S)Nc2ccc(Cl)c(Cl)c2)cc1. The van der Waals surface area contributed by atoms with Gasteiger partial charge in [-0.2, -0.15) is 0 Å². The lowest BCUT2D eigenvalue weighted by Crippen LogP contribution is -2.18. The van der Waals surface area contributed by atoms with Crippen molar-refractivity contribution >= 4 is 57.6 Å². The van der Waals surface area contributed by atoms with E-state index in [2.05, 4.69) is 10.6 Å². The van der Waals surface area contributed by atoms with Crippen LogP contribution in [0.1, 0.15) is 0 Å². The lowest BCUT2D eigenvalue weighted by molar-refractivity contribution is -0.384. The topological polar surface area (TPSA) is 67.2 Å². The largest absolute Gasteiger partial charge is 0.332 e. The molecule has 0 saturated carbocycles. The fourth-order valence-corrected chi connectivity index (χ4v) is 3.01. The molecule has 0 aliphatic rings. The van der Waals surface area contributed by atoms with E-state index in [0.717, 1.165) is 11.3 Å². The zero-order chi connectivity index (χ0) is 19.4. The second-order valence-electron chi connectivity index (χ2n) is 5.56. The van der Waals surface area contributed by atoms with Crippen molar-refractivity contribution in [3.63, 3.8) is 0 Å². The maximum atomic E-state index is 11.2. The number of benzene rings is 3. The highest BCUT2D eigenvalue weighted by molar-refractivity contribution is 7.80. The van der Waals surface area contributed by atoms with Gasteiger partial charge >= 0.3 is 0 Å². The first-order chi connectivity index (χ1) is 12.9. The Balaban J connectivity index is 1.71. The van der Waals surface area contributed by atoms with Crippen molar-refractivity contribution in [1.29, 1.82) is 0 Å². The van der Waals surface area contributed by atoms with Gasteiger partial charge in [-0.1, -0.05) is 47.5 Å². The van der Waals surface area contributed by atoms with Crippen LogP contribution >= 0.6 is 35.4 Å². The van der Waals surface area contributed by atoms with Crippen molar-refractivity contribution in [3.8, 4) is 11.1 Å². The van der Waals surface area contributed by atoms with E-state index in [1.165, 1.54) is 6.07 Å². The molecular formula is C19H13Cl2N3O2S. The third kappa shape index (κ3) is 4.74. The molecule has 0 spiro atoms. The van der Waals surface area contributed by atoms with Crippen molar-refractivity contribution in [3.05, 3.63) is 86.9 Å². The summed E-state index contributed by atoms with van der Waals surface area (Å²) in [7, 11) is 0. The Labute approximate surface area is 171 Å². The predicted octanol–water partition coefficient (Wildman–Crippen LogP) is 6.38. The molecule has 0 radical (unpaired) electrons. The lowest BCUT2D eigenvalue weighted by atomic mass is 10.0. The monoisotopic (exact) mass is 417 g/mol. The van der Waals surface area contributed by atoms with Gasteiger partial charge in [-0.25, -0.2) is 0 Å². The maximum absolute atomic E-state index is 11.2. The Kier molecular flexibility index (Phi) is 5.91. The van der Waals surface area contributed by atoms with Gasteiger partial charge in [-0.3, -0.25) is 10.1 Å².